The summed E-state index contributed by atoms with van der Waals surface area (Å²) in [5.41, 5.74) is 6.60. The monoisotopic (exact) mass is 175 g/mol. The van der Waals surface area contributed by atoms with Crippen molar-refractivity contribution in [2.75, 3.05) is 14.2 Å². The van der Waals surface area contributed by atoms with Crippen molar-refractivity contribution in [1.82, 2.24) is 0 Å². The molecular formula is C11H11O2+. The fourth-order valence-corrected chi connectivity index (χ4v) is 0.846. The highest BCUT2D eigenvalue weighted by Gasteiger charge is 2.03. The van der Waals surface area contributed by atoms with Gasteiger partial charge in [-0.2, -0.15) is 0 Å². The maximum atomic E-state index is 5.01. The van der Waals surface area contributed by atoms with Gasteiger partial charge >= 0.3 is 5.78 Å². The molecule has 0 saturated carbocycles. The molecule has 0 aromatic heterocycles. The van der Waals surface area contributed by atoms with Gasteiger partial charge in [-0.1, -0.05) is 5.73 Å². The molecule has 2 nitrogen and oxygen atoms in total. The van der Waals surface area contributed by atoms with E-state index in [1.807, 2.05) is 24.3 Å². The van der Waals surface area contributed by atoms with E-state index >= 15 is 0 Å². The molecule has 0 saturated heterocycles. The molecule has 0 unspecified atom stereocenters. The van der Waals surface area contributed by atoms with Gasteiger partial charge in [-0.25, -0.2) is 0 Å². The van der Waals surface area contributed by atoms with Crippen LogP contribution in [0, 0.1) is 0 Å². The van der Waals surface area contributed by atoms with Crippen LogP contribution in [-0.4, -0.2) is 20.0 Å². The highest BCUT2D eigenvalue weighted by molar-refractivity contribution is 6.01. The van der Waals surface area contributed by atoms with E-state index in [0.29, 0.717) is 0 Å². The standard InChI is InChI=1S/C11H11O2/c1-12-9-3-4-10-5-7-11(13-2)8-6-10/h5-9H,1-2H3/q+1. The minimum absolute atomic E-state index is 0.835. The van der Waals surface area contributed by atoms with Crippen LogP contribution in [0.4, 0.5) is 0 Å². The van der Waals surface area contributed by atoms with E-state index in [1.54, 1.807) is 14.2 Å². The molecule has 0 bridgehead atoms. The summed E-state index contributed by atoms with van der Waals surface area (Å²) in [7, 11) is 3.21. The van der Waals surface area contributed by atoms with Crippen LogP contribution in [0.2, 0.25) is 0 Å². The van der Waals surface area contributed by atoms with Crippen molar-refractivity contribution in [2.45, 2.75) is 0 Å². The van der Waals surface area contributed by atoms with Crippen molar-refractivity contribution < 1.29 is 9.16 Å². The van der Waals surface area contributed by atoms with Crippen LogP contribution in [-0.2, 0) is 9.16 Å². The van der Waals surface area contributed by atoms with Gasteiger partial charge < -0.3 is 4.74 Å². The number of methoxy groups -OCH3 is 1. The molecule has 13 heavy (non-hydrogen) atoms. The maximum absolute atomic E-state index is 5.01. The average Bonchev–Trinajstić information content (AvgIpc) is 2.19. The molecule has 0 N–H and O–H groups in total. The minimum Gasteiger partial charge on any atom is -0.496 e. The van der Waals surface area contributed by atoms with Crippen LogP contribution in [0.5, 0.6) is 0 Å². The molecule has 1 aliphatic carbocycles. The van der Waals surface area contributed by atoms with Gasteiger partial charge in [0.15, 0.2) is 0 Å². The zero-order valence-electron chi connectivity index (χ0n) is 7.70. The number of hydrogen-bond donors (Lipinski definition) is 0. The molecule has 0 fully saturated rings. The van der Waals surface area contributed by atoms with Gasteiger partial charge in [0.2, 0.25) is 0 Å². The molecule has 0 atom stereocenters. The fourth-order valence-electron chi connectivity index (χ4n) is 0.846. The molecule has 1 aliphatic rings. The Kier molecular flexibility index (Phi) is 3.59. The van der Waals surface area contributed by atoms with E-state index in [0.717, 1.165) is 11.4 Å². The van der Waals surface area contributed by atoms with E-state index in [2.05, 4.69) is 16.2 Å². The largest absolute Gasteiger partial charge is 0.496 e. The lowest BCUT2D eigenvalue weighted by Crippen LogP contribution is -1.94. The first-order chi connectivity index (χ1) is 6.36. The van der Waals surface area contributed by atoms with Gasteiger partial charge in [0.25, 0.3) is 7.11 Å². The minimum atomic E-state index is 0.835. The number of ketones is 1. The van der Waals surface area contributed by atoms with Crippen molar-refractivity contribution in [2.24, 2.45) is 0 Å². The van der Waals surface area contributed by atoms with Crippen molar-refractivity contribution >= 4 is 5.78 Å². The first kappa shape index (κ1) is 9.34. The lowest BCUT2D eigenvalue weighted by atomic mass is 10.1. The number of ether oxygens (including phenoxy) is 1. The lowest BCUT2D eigenvalue weighted by Gasteiger charge is -1.90. The lowest BCUT2D eigenvalue weighted by molar-refractivity contribution is -0.417. The third-order valence-corrected chi connectivity index (χ3v) is 1.48. The van der Waals surface area contributed by atoms with Gasteiger partial charge in [0, 0.05) is 17.7 Å². The molecule has 0 aliphatic heterocycles. The van der Waals surface area contributed by atoms with Gasteiger partial charge in [0.05, 0.1) is 7.11 Å². The molecule has 0 aromatic carbocycles. The van der Waals surface area contributed by atoms with E-state index in [1.165, 1.54) is 6.26 Å². The summed E-state index contributed by atoms with van der Waals surface area (Å²) in [6.07, 6.45) is 8.99. The summed E-state index contributed by atoms with van der Waals surface area (Å²) in [5.74, 6) is 0.835. The first-order valence-corrected chi connectivity index (χ1v) is 3.87. The zero-order valence-corrected chi connectivity index (χ0v) is 7.70. The molecule has 0 spiro atoms. The molecule has 1 rings (SSSR count). The Hall–Kier alpha value is -1.75. The molecule has 0 aromatic rings. The Morgan fingerprint density at radius 2 is 2.00 bits per heavy atom. The van der Waals surface area contributed by atoms with Crippen LogP contribution >= 0.6 is 0 Å². The summed E-state index contributed by atoms with van der Waals surface area (Å²) < 4.78 is 9.70. The Bertz CT molecular complexity index is 340. The Morgan fingerprint density at radius 3 is 2.54 bits per heavy atom. The summed E-state index contributed by atoms with van der Waals surface area (Å²) in [5, 5.41) is 0. The third-order valence-electron chi connectivity index (χ3n) is 1.48. The predicted molar refractivity (Wildman–Crippen MR) is 51.3 cm³/mol. The van der Waals surface area contributed by atoms with Gasteiger partial charge in [-0.3, -0.25) is 4.42 Å². The number of carbonyl (C=O) groups excluding carboxylic acids is 1. The molecule has 0 radical (unpaired) electrons. The summed E-state index contributed by atoms with van der Waals surface area (Å²) in [6.45, 7) is 0. The third kappa shape index (κ3) is 3.00. The number of hydrogen-bond acceptors (Lipinski definition) is 1. The number of allylic oxidation sites excluding steroid dienone is 5. The van der Waals surface area contributed by atoms with Crippen LogP contribution in [0.3, 0.4) is 0 Å². The smallest absolute Gasteiger partial charge is 0.343 e. The SMILES string of the molecule is COC=C=C=C1C=CC(=[O+]C)C=C1. The van der Waals surface area contributed by atoms with Gasteiger partial charge in [-0.15, -0.1) is 0 Å². The van der Waals surface area contributed by atoms with Crippen LogP contribution in [0.15, 0.2) is 47.6 Å². The summed E-state index contributed by atoms with van der Waals surface area (Å²) >= 11 is 0. The van der Waals surface area contributed by atoms with Crippen molar-refractivity contribution in [1.29, 1.82) is 0 Å². The Labute approximate surface area is 77.5 Å². The summed E-state index contributed by atoms with van der Waals surface area (Å²) in [6, 6.07) is 0. The van der Waals surface area contributed by atoms with E-state index in [-0.39, 0.29) is 0 Å². The Morgan fingerprint density at radius 1 is 1.31 bits per heavy atom. The second-order valence-electron chi connectivity index (χ2n) is 2.35. The second kappa shape index (κ2) is 5.00. The van der Waals surface area contributed by atoms with Crippen LogP contribution in [0.25, 0.3) is 0 Å². The topological polar surface area (TPSA) is 20.5 Å². The molecule has 66 valence electrons. The first-order valence-electron chi connectivity index (χ1n) is 3.87. The highest BCUT2D eigenvalue weighted by Crippen LogP contribution is 2.03. The van der Waals surface area contributed by atoms with E-state index in [9.17, 15) is 0 Å². The average molecular weight is 175 g/mol. The summed E-state index contributed by atoms with van der Waals surface area (Å²) in [4.78, 5) is 0. The molecule has 2 heteroatoms. The van der Waals surface area contributed by atoms with E-state index < -0.39 is 0 Å². The van der Waals surface area contributed by atoms with Crippen LogP contribution in [0.1, 0.15) is 0 Å². The number of rotatable bonds is 1. The molecular weight excluding hydrogens is 164 g/mol. The Balaban J connectivity index is 2.86. The van der Waals surface area contributed by atoms with Crippen molar-refractivity contribution in [3.8, 4) is 0 Å². The fraction of sp³-hybridized carbons (Fsp3) is 0.182. The van der Waals surface area contributed by atoms with E-state index in [4.69, 9.17) is 4.42 Å². The van der Waals surface area contributed by atoms with Crippen molar-refractivity contribution in [3.63, 3.8) is 0 Å². The maximum Gasteiger partial charge on any atom is 0.343 e. The van der Waals surface area contributed by atoms with Gasteiger partial charge in [-0.05, 0) is 17.9 Å². The van der Waals surface area contributed by atoms with Crippen molar-refractivity contribution in [3.05, 3.63) is 47.6 Å². The molecule has 0 heterocycles. The normalized spacial score (nSPS) is 13.4. The van der Waals surface area contributed by atoms with Gasteiger partial charge in [0.1, 0.15) is 6.26 Å². The predicted octanol–water partition coefficient (Wildman–Crippen LogP) is 1.69. The second-order valence-corrected chi connectivity index (χ2v) is 2.35. The van der Waals surface area contributed by atoms with Crippen LogP contribution < -0.4 is 0 Å². The molecule has 0 amide bonds. The highest BCUT2D eigenvalue weighted by atomic mass is 16.5. The zero-order chi connectivity index (χ0) is 9.52. The quantitative estimate of drug-likeness (QED) is 0.337.